The van der Waals surface area contributed by atoms with Crippen molar-refractivity contribution >= 4 is 40.5 Å². The maximum absolute atomic E-state index is 6.08. The Morgan fingerprint density at radius 3 is 2.63 bits per heavy atom. The molecule has 1 heterocycles. The molecule has 2 aromatic rings. The van der Waals surface area contributed by atoms with Crippen LogP contribution in [-0.2, 0) is 0 Å². The van der Waals surface area contributed by atoms with Crippen LogP contribution in [-0.4, -0.2) is 12.1 Å². The van der Waals surface area contributed by atoms with E-state index < -0.39 is 0 Å². The number of aryl methyl sites for hydroxylation is 1. The standard InChI is InChI=1S/C13H13Cl2N3O/c1-7-3-4-11(19-2)10(5-7)17-13-9(15)6-8(14)12(16)18-13/h3-6H,1-2H3,(H3,16,17,18). The summed E-state index contributed by atoms with van der Waals surface area (Å²) in [7, 11) is 1.60. The lowest BCUT2D eigenvalue weighted by Crippen LogP contribution is -2.01. The average Bonchev–Trinajstić information content (AvgIpc) is 2.36. The van der Waals surface area contributed by atoms with E-state index in [2.05, 4.69) is 10.3 Å². The largest absolute Gasteiger partial charge is 0.495 e. The number of hydrogen-bond acceptors (Lipinski definition) is 4. The number of rotatable bonds is 3. The minimum absolute atomic E-state index is 0.222. The van der Waals surface area contributed by atoms with E-state index in [-0.39, 0.29) is 5.82 Å². The quantitative estimate of drug-likeness (QED) is 0.898. The average molecular weight is 298 g/mol. The van der Waals surface area contributed by atoms with Gasteiger partial charge in [0.05, 0.1) is 22.8 Å². The van der Waals surface area contributed by atoms with Gasteiger partial charge in [-0.1, -0.05) is 29.3 Å². The minimum Gasteiger partial charge on any atom is -0.495 e. The molecule has 1 aromatic heterocycles. The van der Waals surface area contributed by atoms with Crippen molar-refractivity contribution in [2.75, 3.05) is 18.2 Å². The molecule has 0 saturated carbocycles. The Morgan fingerprint density at radius 2 is 1.95 bits per heavy atom. The first-order valence-electron chi connectivity index (χ1n) is 5.54. The van der Waals surface area contributed by atoms with Gasteiger partial charge in [-0.15, -0.1) is 0 Å². The molecule has 0 amide bonds. The molecule has 1 aromatic carbocycles. The highest BCUT2D eigenvalue weighted by Crippen LogP contribution is 2.33. The third-order valence-corrected chi connectivity index (χ3v) is 3.16. The summed E-state index contributed by atoms with van der Waals surface area (Å²) in [4.78, 5) is 4.12. The molecule has 100 valence electrons. The first kappa shape index (κ1) is 13.8. The van der Waals surface area contributed by atoms with E-state index in [1.54, 1.807) is 13.2 Å². The van der Waals surface area contributed by atoms with Crippen LogP contribution < -0.4 is 15.8 Å². The number of methoxy groups -OCH3 is 1. The molecule has 6 heteroatoms. The first-order chi connectivity index (χ1) is 9.01. The molecule has 0 aliphatic rings. The summed E-state index contributed by atoms with van der Waals surface area (Å²) in [5.41, 5.74) is 7.52. The van der Waals surface area contributed by atoms with E-state index >= 15 is 0 Å². The lowest BCUT2D eigenvalue weighted by atomic mass is 10.2. The number of ether oxygens (including phenoxy) is 1. The molecule has 19 heavy (non-hydrogen) atoms. The van der Waals surface area contributed by atoms with Gasteiger partial charge in [0.25, 0.3) is 0 Å². The SMILES string of the molecule is COc1ccc(C)cc1Nc1nc(N)c(Cl)cc1Cl. The van der Waals surface area contributed by atoms with Gasteiger partial charge in [0.2, 0.25) is 0 Å². The van der Waals surface area contributed by atoms with Crippen LogP contribution in [0.1, 0.15) is 5.56 Å². The maximum Gasteiger partial charge on any atom is 0.151 e. The lowest BCUT2D eigenvalue weighted by molar-refractivity contribution is 0.416. The molecule has 0 fully saturated rings. The lowest BCUT2D eigenvalue weighted by Gasteiger charge is -2.13. The number of pyridine rings is 1. The predicted octanol–water partition coefficient (Wildman–Crippen LogP) is 4.03. The van der Waals surface area contributed by atoms with Gasteiger partial charge >= 0.3 is 0 Å². The molecule has 0 spiro atoms. The third-order valence-electron chi connectivity index (χ3n) is 2.56. The van der Waals surface area contributed by atoms with Crippen molar-refractivity contribution in [1.29, 1.82) is 0 Å². The van der Waals surface area contributed by atoms with Gasteiger partial charge in [0, 0.05) is 0 Å². The molecular weight excluding hydrogens is 285 g/mol. The summed E-state index contributed by atoms with van der Waals surface area (Å²) in [5.74, 6) is 1.35. The van der Waals surface area contributed by atoms with Crippen molar-refractivity contribution in [3.63, 3.8) is 0 Å². The Balaban J connectivity index is 2.41. The number of hydrogen-bond donors (Lipinski definition) is 2. The fourth-order valence-electron chi connectivity index (χ4n) is 1.62. The van der Waals surface area contributed by atoms with Crippen LogP contribution in [0.5, 0.6) is 5.75 Å². The Labute approximate surface area is 121 Å². The minimum atomic E-state index is 0.222. The van der Waals surface area contributed by atoms with Crippen molar-refractivity contribution in [3.05, 3.63) is 39.9 Å². The highest BCUT2D eigenvalue weighted by Gasteiger charge is 2.10. The monoisotopic (exact) mass is 297 g/mol. The van der Waals surface area contributed by atoms with Crippen LogP contribution in [0.3, 0.4) is 0 Å². The second-order valence-corrected chi connectivity index (χ2v) is 4.83. The number of nitrogens with two attached hydrogens (primary N) is 1. The van der Waals surface area contributed by atoms with Crippen molar-refractivity contribution in [2.45, 2.75) is 6.92 Å². The van der Waals surface area contributed by atoms with Gasteiger partial charge in [0.1, 0.15) is 11.6 Å². The van der Waals surface area contributed by atoms with E-state index in [4.69, 9.17) is 33.7 Å². The molecule has 0 aliphatic carbocycles. The number of nitrogen functional groups attached to an aromatic ring is 1. The van der Waals surface area contributed by atoms with E-state index in [0.717, 1.165) is 11.3 Å². The zero-order chi connectivity index (χ0) is 14.0. The Kier molecular flexibility index (Phi) is 4.02. The molecule has 0 saturated heterocycles. The van der Waals surface area contributed by atoms with E-state index in [9.17, 15) is 0 Å². The zero-order valence-electron chi connectivity index (χ0n) is 10.5. The van der Waals surface area contributed by atoms with Crippen LogP contribution in [0.15, 0.2) is 24.3 Å². The summed E-state index contributed by atoms with van der Waals surface area (Å²) in [6, 6.07) is 7.30. The molecule has 4 nitrogen and oxygen atoms in total. The molecule has 2 rings (SSSR count). The number of nitrogens with one attached hydrogen (secondary N) is 1. The summed E-state index contributed by atoms with van der Waals surface area (Å²) >= 11 is 11.9. The molecule has 0 radical (unpaired) electrons. The van der Waals surface area contributed by atoms with Crippen molar-refractivity contribution in [2.24, 2.45) is 0 Å². The smallest absolute Gasteiger partial charge is 0.151 e. The molecule has 3 N–H and O–H groups in total. The Hall–Kier alpha value is -1.65. The van der Waals surface area contributed by atoms with Gasteiger partial charge in [-0.2, -0.15) is 0 Å². The van der Waals surface area contributed by atoms with Gasteiger partial charge < -0.3 is 15.8 Å². The highest BCUT2D eigenvalue weighted by molar-refractivity contribution is 6.37. The summed E-state index contributed by atoms with van der Waals surface area (Å²) in [6.07, 6.45) is 0. The van der Waals surface area contributed by atoms with Crippen LogP contribution in [0, 0.1) is 6.92 Å². The molecule has 0 atom stereocenters. The van der Waals surface area contributed by atoms with Gasteiger partial charge in [0.15, 0.2) is 5.82 Å². The number of anilines is 3. The van der Waals surface area contributed by atoms with Gasteiger partial charge in [-0.05, 0) is 30.7 Å². The van der Waals surface area contributed by atoms with E-state index in [0.29, 0.717) is 21.6 Å². The normalized spacial score (nSPS) is 10.3. The summed E-state index contributed by atoms with van der Waals surface area (Å²) in [6.45, 7) is 1.98. The molecule has 0 aliphatic heterocycles. The number of nitrogens with zero attached hydrogens (tertiary/aromatic N) is 1. The van der Waals surface area contributed by atoms with E-state index in [1.165, 1.54) is 0 Å². The maximum atomic E-state index is 6.08. The fourth-order valence-corrected chi connectivity index (χ4v) is 2.02. The third kappa shape index (κ3) is 3.03. The second kappa shape index (κ2) is 5.55. The van der Waals surface area contributed by atoms with Crippen molar-refractivity contribution < 1.29 is 4.74 Å². The van der Waals surface area contributed by atoms with Crippen LogP contribution >= 0.6 is 23.2 Å². The number of halogens is 2. The molecule has 0 unspecified atom stereocenters. The Bertz CT molecular complexity index is 617. The van der Waals surface area contributed by atoms with Crippen LogP contribution in [0.2, 0.25) is 10.0 Å². The zero-order valence-corrected chi connectivity index (χ0v) is 12.0. The number of aromatic nitrogens is 1. The van der Waals surface area contributed by atoms with Crippen molar-refractivity contribution in [3.8, 4) is 5.75 Å². The van der Waals surface area contributed by atoms with Crippen LogP contribution in [0.4, 0.5) is 17.3 Å². The summed E-state index contributed by atoms with van der Waals surface area (Å²) < 4.78 is 5.28. The Morgan fingerprint density at radius 1 is 1.21 bits per heavy atom. The predicted molar refractivity (Wildman–Crippen MR) is 79.7 cm³/mol. The second-order valence-electron chi connectivity index (χ2n) is 4.01. The van der Waals surface area contributed by atoms with Crippen LogP contribution in [0.25, 0.3) is 0 Å². The highest BCUT2D eigenvalue weighted by atomic mass is 35.5. The summed E-state index contributed by atoms with van der Waals surface area (Å²) in [5, 5.41) is 3.81. The van der Waals surface area contributed by atoms with Gasteiger partial charge in [-0.3, -0.25) is 0 Å². The van der Waals surface area contributed by atoms with Gasteiger partial charge in [-0.25, -0.2) is 4.98 Å². The number of benzene rings is 1. The van der Waals surface area contributed by atoms with E-state index in [1.807, 2.05) is 25.1 Å². The first-order valence-corrected chi connectivity index (χ1v) is 6.30. The molecular formula is C13H13Cl2N3O. The fraction of sp³-hybridized carbons (Fsp3) is 0.154. The van der Waals surface area contributed by atoms with Crippen molar-refractivity contribution in [1.82, 2.24) is 4.98 Å². The molecule has 0 bridgehead atoms. The topological polar surface area (TPSA) is 60.2 Å².